The van der Waals surface area contributed by atoms with Gasteiger partial charge < -0.3 is 10.0 Å². The summed E-state index contributed by atoms with van der Waals surface area (Å²) in [6.07, 6.45) is 1.96. The second kappa shape index (κ2) is 5.14. The molecule has 1 amide bonds. The molecule has 1 N–H and O–H groups in total. The molecule has 0 atom stereocenters. The first-order chi connectivity index (χ1) is 7.04. The maximum absolute atomic E-state index is 11.8. The van der Waals surface area contributed by atoms with E-state index in [1.165, 1.54) is 0 Å². The van der Waals surface area contributed by atoms with Gasteiger partial charge in [0.2, 0.25) is 5.91 Å². The third kappa shape index (κ3) is 3.22. The fraction of sp³-hybridized carbons (Fsp3) is 0.818. The van der Waals surface area contributed by atoms with Crippen molar-refractivity contribution in [2.75, 3.05) is 13.1 Å². The van der Waals surface area contributed by atoms with Gasteiger partial charge in [0.15, 0.2) is 0 Å². The highest BCUT2D eigenvalue weighted by molar-refractivity contribution is 5.80. The zero-order valence-corrected chi connectivity index (χ0v) is 9.40. The number of aliphatic carboxylic acids is 1. The first-order valence-electron chi connectivity index (χ1n) is 5.55. The van der Waals surface area contributed by atoms with Gasteiger partial charge in [-0.25, -0.2) is 0 Å². The van der Waals surface area contributed by atoms with Crippen molar-refractivity contribution in [2.45, 2.75) is 33.1 Å². The highest BCUT2D eigenvalue weighted by Crippen LogP contribution is 2.34. The van der Waals surface area contributed by atoms with Crippen LogP contribution in [0.3, 0.4) is 0 Å². The van der Waals surface area contributed by atoms with Crippen LogP contribution >= 0.6 is 0 Å². The van der Waals surface area contributed by atoms with Gasteiger partial charge in [-0.15, -0.1) is 0 Å². The number of hydrogen-bond donors (Lipinski definition) is 1. The van der Waals surface area contributed by atoms with Crippen molar-refractivity contribution in [1.82, 2.24) is 4.90 Å². The maximum atomic E-state index is 11.8. The van der Waals surface area contributed by atoms with Crippen molar-refractivity contribution in [1.29, 1.82) is 0 Å². The highest BCUT2D eigenvalue weighted by Gasteiger charge is 2.33. The molecular weight excluding hydrogens is 194 g/mol. The number of hydrogen-bond acceptors (Lipinski definition) is 2. The maximum Gasteiger partial charge on any atom is 0.305 e. The number of rotatable bonds is 5. The Morgan fingerprint density at radius 3 is 2.40 bits per heavy atom. The molecule has 4 nitrogen and oxygen atoms in total. The summed E-state index contributed by atoms with van der Waals surface area (Å²) in [4.78, 5) is 23.9. The van der Waals surface area contributed by atoms with E-state index in [2.05, 4.69) is 6.92 Å². The minimum atomic E-state index is -0.844. The number of carbonyl (C=O) groups excluding carboxylic acids is 1. The number of amides is 1. The van der Waals surface area contributed by atoms with E-state index in [0.29, 0.717) is 19.0 Å². The van der Waals surface area contributed by atoms with Crippen LogP contribution in [0.5, 0.6) is 0 Å². The molecular formula is C11H19NO3. The van der Waals surface area contributed by atoms with Crippen molar-refractivity contribution in [2.24, 2.45) is 11.8 Å². The SMILES string of the molecule is CCN(CCC(=O)O)C(=O)C1CC(C)C1. The topological polar surface area (TPSA) is 57.6 Å². The van der Waals surface area contributed by atoms with Crippen LogP contribution in [0.4, 0.5) is 0 Å². The van der Waals surface area contributed by atoms with Gasteiger partial charge in [-0.2, -0.15) is 0 Å². The third-order valence-corrected chi connectivity index (χ3v) is 3.01. The Bertz CT molecular complexity index is 246. The van der Waals surface area contributed by atoms with E-state index in [1.807, 2.05) is 6.92 Å². The molecule has 15 heavy (non-hydrogen) atoms. The van der Waals surface area contributed by atoms with Crippen LogP contribution in [-0.2, 0) is 9.59 Å². The third-order valence-electron chi connectivity index (χ3n) is 3.01. The summed E-state index contributed by atoms with van der Waals surface area (Å²) in [6, 6.07) is 0. The van der Waals surface area contributed by atoms with E-state index >= 15 is 0 Å². The molecule has 86 valence electrons. The van der Waals surface area contributed by atoms with Crippen LogP contribution in [0, 0.1) is 11.8 Å². The predicted octanol–water partition coefficient (Wildman–Crippen LogP) is 1.36. The van der Waals surface area contributed by atoms with Crippen LogP contribution in [0.2, 0.25) is 0 Å². The van der Waals surface area contributed by atoms with Gasteiger partial charge in [0.05, 0.1) is 6.42 Å². The molecule has 1 aliphatic carbocycles. The minimum absolute atomic E-state index is 0.0435. The molecule has 4 heteroatoms. The molecule has 0 spiro atoms. The average Bonchev–Trinajstić information content (AvgIpc) is 2.13. The van der Waals surface area contributed by atoms with E-state index < -0.39 is 5.97 Å². The summed E-state index contributed by atoms with van der Waals surface area (Å²) in [5.74, 6) is 0.0888. The summed E-state index contributed by atoms with van der Waals surface area (Å²) in [7, 11) is 0. The van der Waals surface area contributed by atoms with Crippen LogP contribution in [-0.4, -0.2) is 35.0 Å². The van der Waals surface area contributed by atoms with Crippen molar-refractivity contribution in [3.05, 3.63) is 0 Å². The smallest absolute Gasteiger partial charge is 0.305 e. The monoisotopic (exact) mass is 213 g/mol. The second-order valence-electron chi connectivity index (χ2n) is 4.34. The van der Waals surface area contributed by atoms with Crippen molar-refractivity contribution >= 4 is 11.9 Å². The zero-order chi connectivity index (χ0) is 11.4. The molecule has 1 aliphatic rings. The summed E-state index contributed by atoms with van der Waals surface area (Å²) in [6.45, 7) is 4.98. The lowest BCUT2D eigenvalue weighted by Crippen LogP contribution is -2.42. The van der Waals surface area contributed by atoms with Gasteiger partial charge in [-0.05, 0) is 25.7 Å². The van der Waals surface area contributed by atoms with Gasteiger partial charge >= 0.3 is 5.97 Å². The molecule has 0 unspecified atom stereocenters. The Kier molecular flexibility index (Phi) is 4.12. The minimum Gasteiger partial charge on any atom is -0.481 e. The molecule has 0 aromatic rings. The fourth-order valence-electron chi connectivity index (χ4n) is 2.02. The molecule has 1 rings (SSSR count). The first-order valence-corrected chi connectivity index (χ1v) is 5.55. The summed E-state index contributed by atoms with van der Waals surface area (Å²) in [5, 5.41) is 8.55. The Balaban J connectivity index is 2.37. The van der Waals surface area contributed by atoms with E-state index in [4.69, 9.17) is 5.11 Å². The van der Waals surface area contributed by atoms with Gasteiger partial charge in [0.1, 0.15) is 0 Å². The standard InChI is InChI=1S/C11H19NO3/c1-3-12(5-4-10(13)14)11(15)9-6-8(2)7-9/h8-9H,3-7H2,1-2H3,(H,13,14). The Hall–Kier alpha value is -1.06. The zero-order valence-electron chi connectivity index (χ0n) is 9.40. The van der Waals surface area contributed by atoms with Crippen LogP contribution in [0.25, 0.3) is 0 Å². The summed E-state index contributed by atoms with van der Waals surface area (Å²) < 4.78 is 0. The fourth-order valence-corrected chi connectivity index (χ4v) is 2.02. The molecule has 0 saturated heterocycles. The lowest BCUT2D eigenvalue weighted by molar-refractivity contribution is -0.141. The number of carboxylic acids is 1. The van der Waals surface area contributed by atoms with Crippen molar-refractivity contribution in [3.63, 3.8) is 0 Å². The highest BCUT2D eigenvalue weighted by atomic mass is 16.4. The predicted molar refractivity (Wildman–Crippen MR) is 56.4 cm³/mol. The Labute approximate surface area is 90.3 Å². The summed E-state index contributed by atoms with van der Waals surface area (Å²) in [5.41, 5.74) is 0. The van der Waals surface area contributed by atoms with Crippen molar-refractivity contribution < 1.29 is 14.7 Å². The molecule has 0 bridgehead atoms. The molecule has 0 aliphatic heterocycles. The molecule has 0 radical (unpaired) electrons. The van der Waals surface area contributed by atoms with Gasteiger partial charge in [0.25, 0.3) is 0 Å². The number of carbonyl (C=O) groups is 2. The van der Waals surface area contributed by atoms with Gasteiger partial charge in [-0.3, -0.25) is 9.59 Å². The van der Waals surface area contributed by atoms with E-state index in [9.17, 15) is 9.59 Å². The lowest BCUT2D eigenvalue weighted by Gasteiger charge is -2.35. The van der Waals surface area contributed by atoms with Crippen LogP contribution < -0.4 is 0 Å². The molecule has 0 aromatic carbocycles. The largest absolute Gasteiger partial charge is 0.481 e. The van der Waals surface area contributed by atoms with Gasteiger partial charge in [0, 0.05) is 19.0 Å². The quantitative estimate of drug-likeness (QED) is 0.750. The molecule has 0 heterocycles. The normalized spacial score (nSPS) is 24.4. The second-order valence-corrected chi connectivity index (χ2v) is 4.34. The lowest BCUT2D eigenvalue weighted by atomic mass is 9.75. The number of nitrogens with zero attached hydrogens (tertiary/aromatic N) is 1. The van der Waals surface area contributed by atoms with Crippen LogP contribution in [0.1, 0.15) is 33.1 Å². The van der Waals surface area contributed by atoms with E-state index in [0.717, 1.165) is 12.8 Å². The average molecular weight is 213 g/mol. The van der Waals surface area contributed by atoms with Crippen LogP contribution in [0.15, 0.2) is 0 Å². The van der Waals surface area contributed by atoms with Crippen molar-refractivity contribution in [3.8, 4) is 0 Å². The molecule has 1 fully saturated rings. The summed E-state index contributed by atoms with van der Waals surface area (Å²) >= 11 is 0. The van der Waals surface area contributed by atoms with Gasteiger partial charge in [-0.1, -0.05) is 6.92 Å². The first kappa shape index (κ1) is 12.0. The number of carboxylic acid groups (broad SMARTS) is 1. The van der Waals surface area contributed by atoms with E-state index in [-0.39, 0.29) is 18.2 Å². The molecule has 1 saturated carbocycles. The Morgan fingerprint density at radius 1 is 1.40 bits per heavy atom. The van der Waals surface area contributed by atoms with E-state index in [1.54, 1.807) is 4.90 Å². The Morgan fingerprint density at radius 2 is 2.00 bits per heavy atom. The molecule has 0 aromatic heterocycles.